The van der Waals surface area contributed by atoms with Crippen LogP contribution in [-0.4, -0.2) is 41.7 Å². The first-order chi connectivity index (χ1) is 11.4. The zero-order valence-corrected chi connectivity index (χ0v) is 15.3. The third-order valence-corrected chi connectivity index (χ3v) is 4.44. The van der Waals surface area contributed by atoms with Crippen LogP contribution in [0.4, 0.5) is 0 Å². The first-order valence-corrected chi connectivity index (χ1v) is 9.00. The summed E-state index contributed by atoms with van der Waals surface area (Å²) in [6.07, 6.45) is 3.34. The van der Waals surface area contributed by atoms with E-state index < -0.39 is 6.04 Å². The van der Waals surface area contributed by atoms with E-state index in [1.165, 1.54) is 0 Å². The Bertz CT molecular complexity index is 603. The number of nitrogens with zero attached hydrogens (tertiary/aromatic N) is 2. The van der Waals surface area contributed by atoms with Gasteiger partial charge in [-0.15, -0.1) is 0 Å². The van der Waals surface area contributed by atoms with Gasteiger partial charge in [0.05, 0.1) is 6.61 Å². The predicted molar refractivity (Wildman–Crippen MR) is 95.1 cm³/mol. The van der Waals surface area contributed by atoms with E-state index in [-0.39, 0.29) is 11.5 Å². The average molecular weight is 334 g/mol. The second kappa shape index (κ2) is 8.47. The molecule has 2 rings (SSSR count). The number of aromatic nitrogens is 1. The fourth-order valence-electron chi connectivity index (χ4n) is 3.25. The lowest BCUT2D eigenvalue weighted by atomic mass is 10.0. The van der Waals surface area contributed by atoms with E-state index >= 15 is 0 Å². The first-order valence-electron chi connectivity index (χ1n) is 9.00. The second-order valence-corrected chi connectivity index (χ2v) is 7.29. The summed E-state index contributed by atoms with van der Waals surface area (Å²) in [6, 6.07) is 2.90. The smallest absolute Gasteiger partial charge is 0.329 e. The molecule has 0 aromatic carbocycles. The predicted octanol–water partition coefficient (Wildman–Crippen LogP) is 2.49. The van der Waals surface area contributed by atoms with Gasteiger partial charge in [0.1, 0.15) is 6.04 Å². The second-order valence-electron chi connectivity index (χ2n) is 7.29. The topological polar surface area (TPSA) is 51.5 Å². The molecule has 0 spiro atoms. The number of hydrogen-bond donors (Lipinski definition) is 0. The number of ether oxygens (including phenoxy) is 1. The van der Waals surface area contributed by atoms with E-state index in [9.17, 15) is 9.59 Å². The Morgan fingerprint density at radius 1 is 1.33 bits per heavy atom. The van der Waals surface area contributed by atoms with E-state index in [0.29, 0.717) is 18.9 Å². The number of hydrogen-bond acceptors (Lipinski definition) is 4. The molecule has 1 unspecified atom stereocenters. The van der Waals surface area contributed by atoms with Gasteiger partial charge in [0.2, 0.25) is 0 Å². The number of esters is 1. The fraction of sp³-hybridized carbons (Fsp3) is 0.684. The highest BCUT2D eigenvalue weighted by Gasteiger charge is 2.25. The Morgan fingerprint density at radius 3 is 2.62 bits per heavy atom. The summed E-state index contributed by atoms with van der Waals surface area (Å²) in [5, 5.41) is 0. The summed E-state index contributed by atoms with van der Waals surface area (Å²) in [7, 11) is 0. The van der Waals surface area contributed by atoms with Gasteiger partial charge >= 0.3 is 5.97 Å². The Balaban J connectivity index is 2.14. The van der Waals surface area contributed by atoms with Crippen LogP contribution >= 0.6 is 0 Å². The van der Waals surface area contributed by atoms with Crippen LogP contribution in [0.25, 0.3) is 0 Å². The maximum Gasteiger partial charge on any atom is 0.329 e. The average Bonchev–Trinajstić information content (AvgIpc) is 2.49. The van der Waals surface area contributed by atoms with Gasteiger partial charge in [0.15, 0.2) is 0 Å². The van der Waals surface area contributed by atoms with E-state index in [1.807, 2.05) is 26.1 Å². The van der Waals surface area contributed by atoms with Crippen molar-refractivity contribution in [1.82, 2.24) is 9.47 Å². The lowest BCUT2D eigenvalue weighted by molar-refractivity contribution is -0.147. The van der Waals surface area contributed by atoms with Gasteiger partial charge in [-0.3, -0.25) is 4.79 Å². The highest BCUT2D eigenvalue weighted by atomic mass is 16.5. The normalized spacial score (nSPS) is 16.9. The van der Waals surface area contributed by atoms with Crippen molar-refractivity contribution in [2.24, 2.45) is 11.8 Å². The van der Waals surface area contributed by atoms with Gasteiger partial charge in [-0.25, -0.2) is 4.79 Å². The molecule has 1 aliphatic heterocycles. The summed E-state index contributed by atoms with van der Waals surface area (Å²) in [5.74, 6) is 0.776. The number of carbonyl (C=O) groups excluding carboxylic acids is 1. The molecule has 0 aliphatic carbocycles. The van der Waals surface area contributed by atoms with Crippen molar-refractivity contribution in [2.75, 3.05) is 26.2 Å². The molecule has 1 aromatic rings. The van der Waals surface area contributed by atoms with Crippen molar-refractivity contribution in [3.8, 4) is 0 Å². The monoisotopic (exact) mass is 334 g/mol. The molecule has 1 saturated heterocycles. The van der Waals surface area contributed by atoms with Crippen LogP contribution in [0.3, 0.4) is 0 Å². The molecule has 0 saturated carbocycles. The van der Waals surface area contributed by atoms with E-state index in [2.05, 4.69) is 11.8 Å². The Labute approximate surface area is 144 Å². The SMILES string of the molecule is CCOC(=O)C(CC(C)C)n1cc(CCN2CC(C)C2)ccc1=O. The number of rotatable bonds is 8. The highest BCUT2D eigenvalue weighted by molar-refractivity contribution is 5.74. The summed E-state index contributed by atoms with van der Waals surface area (Å²) < 4.78 is 6.75. The molecule has 0 bridgehead atoms. The quantitative estimate of drug-likeness (QED) is 0.686. The lowest BCUT2D eigenvalue weighted by Crippen LogP contribution is -2.45. The van der Waals surface area contributed by atoms with Crippen molar-refractivity contribution < 1.29 is 9.53 Å². The Morgan fingerprint density at radius 2 is 2.04 bits per heavy atom. The molecule has 0 N–H and O–H groups in total. The van der Waals surface area contributed by atoms with Gasteiger partial charge in [-0.1, -0.05) is 26.8 Å². The van der Waals surface area contributed by atoms with Crippen molar-refractivity contribution in [3.05, 3.63) is 34.2 Å². The number of carbonyl (C=O) groups is 1. The Hall–Kier alpha value is -1.62. The number of likely N-dealkylation sites (tertiary alicyclic amines) is 1. The zero-order valence-electron chi connectivity index (χ0n) is 15.3. The molecular formula is C19H30N2O3. The molecule has 1 aromatic heterocycles. The van der Waals surface area contributed by atoms with Crippen molar-refractivity contribution in [1.29, 1.82) is 0 Å². The Kier molecular flexibility index (Phi) is 6.60. The van der Waals surface area contributed by atoms with Crippen molar-refractivity contribution in [3.63, 3.8) is 0 Å². The van der Waals surface area contributed by atoms with Gasteiger partial charge in [0.25, 0.3) is 5.56 Å². The number of pyridine rings is 1. The van der Waals surface area contributed by atoms with Crippen LogP contribution in [0.15, 0.2) is 23.1 Å². The lowest BCUT2D eigenvalue weighted by Gasteiger charge is -2.37. The van der Waals surface area contributed by atoms with Crippen LogP contribution in [0.5, 0.6) is 0 Å². The summed E-state index contributed by atoms with van der Waals surface area (Å²) in [4.78, 5) is 27.0. The van der Waals surface area contributed by atoms with Gasteiger partial charge in [0, 0.05) is 31.9 Å². The minimum Gasteiger partial charge on any atom is -0.464 e. The molecule has 1 fully saturated rings. The highest BCUT2D eigenvalue weighted by Crippen LogP contribution is 2.19. The molecule has 5 heteroatoms. The molecule has 1 atom stereocenters. The summed E-state index contributed by atoms with van der Waals surface area (Å²) >= 11 is 0. The van der Waals surface area contributed by atoms with Gasteiger partial charge in [-0.05, 0) is 37.2 Å². The van der Waals surface area contributed by atoms with Gasteiger partial charge in [-0.2, -0.15) is 0 Å². The minimum atomic E-state index is -0.540. The molecule has 0 amide bonds. The maximum absolute atomic E-state index is 12.3. The van der Waals surface area contributed by atoms with Crippen LogP contribution in [0.2, 0.25) is 0 Å². The van der Waals surface area contributed by atoms with Gasteiger partial charge < -0.3 is 14.2 Å². The molecule has 1 aliphatic rings. The zero-order chi connectivity index (χ0) is 17.7. The molecule has 134 valence electrons. The van der Waals surface area contributed by atoms with Crippen LogP contribution in [0.1, 0.15) is 45.7 Å². The molecule has 2 heterocycles. The minimum absolute atomic E-state index is 0.143. The maximum atomic E-state index is 12.3. The van der Waals surface area contributed by atoms with E-state index in [4.69, 9.17) is 4.74 Å². The largest absolute Gasteiger partial charge is 0.464 e. The molecule has 5 nitrogen and oxygen atoms in total. The molecular weight excluding hydrogens is 304 g/mol. The third-order valence-electron chi connectivity index (χ3n) is 4.44. The molecule has 0 radical (unpaired) electrons. The van der Waals surface area contributed by atoms with Crippen LogP contribution < -0.4 is 5.56 Å². The summed E-state index contributed by atoms with van der Waals surface area (Å²) in [5.41, 5.74) is 0.947. The standard InChI is InChI=1S/C19H30N2O3/c1-5-24-19(23)17(10-14(2)3)21-13-16(6-7-18(21)22)8-9-20-11-15(4)12-20/h6-7,13-15,17H,5,8-12H2,1-4H3. The van der Waals surface area contributed by atoms with Crippen LogP contribution in [-0.2, 0) is 16.0 Å². The van der Waals surface area contributed by atoms with Crippen LogP contribution in [0, 0.1) is 11.8 Å². The first kappa shape index (κ1) is 18.7. The van der Waals surface area contributed by atoms with Crippen molar-refractivity contribution >= 4 is 5.97 Å². The van der Waals surface area contributed by atoms with E-state index in [0.717, 1.165) is 37.5 Å². The fourth-order valence-corrected chi connectivity index (χ4v) is 3.25. The van der Waals surface area contributed by atoms with Crippen molar-refractivity contribution in [2.45, 2.75) is 46.6 Å². The van der Waals surface area contributed by atoms with E-state index in [1.54, 1.807) is 17.6 Å². The third kappa shape index (κ3) is 4.94. The molecule has 24 heavy (non-hydrogen) atoms. The summed E-state index contributed by atoms with van der Waals surface area (Å²) in [6.45, 7) is 11.8.